The average molecular weight is 419 g/mol. The van der Waals surface area contributed by atoms with E-state index in [9.17, 15) is 14.4 Å². The van der Waals surface area contributed by atoms with Crippen LogP contribution in [0.15, 0.2) is 66.6 Å². The summed E-state index contributed by atoms with van der Waals surface area (Å²) in [6.07, 6.45) is 4.57. The van der Waals surface area contributed by atoms with Crippen LogP contribution < -0.4 is 11.1 Å². The first-order chi connectivity index (χ1) is 14.5. The van der Waals surface area contributed by atoms with Crippen LogP contribution in [0, 0.1) is 0 Å². The minimum absolute atomic E-state index is 0.148. The number of nitrogens with two attached hydrogens (primary N) is 1. The monoisotopic (exact) mass is 419 g/mol. The molecule has 0 aliphatic carbocycles. The highest BCUT2D eigenvalue weighted by Crippen LogP contribution is 2.26. The zero-order valence-electron chi connectivity index (χ0n) is 15.7. The first-order valence-corrected chi connectivity index (χ1v) is 9.96. The van der Waals surface area contributed by atoms with Crippen molar-refractivity contribution in [1.29, 1.82) is 0 Å². The van der Waals surface area contributed by atoms with E-state index in [1.165, 1.54) is 28.4 Å². The van der Waals surface area contributed by atoms with Gasteiger partial charge in [-0.1, -0.05) is 24.3 Å². The summed E-state index contributed by atoms with van der Waals surface area (Å²) in [5.74, 6) is -2.01. The maximum absolute atomic E-state index is 12.9. The first kappa shape index (κ1) is 19.5. The second kappa shape index (κ2) is 8.26. The van der Waals surface area contributed by atoms with Crippen LogP contribution in [0.2, 0.25) is 0 Å². The van der Waals surface area contributed by atoms with Gasteiger partial charge in [0.15, 0.2) is 0 Å². The summed E-state index contributed by atoms with van der Waals surface area (Å²) in [7, 11) is 0. The van der Waals surface area contributed by atoms with Crippen molar-refractivity contribution in [2.75, 3.05) is 0 Å². The van der Waals surface area contributed by atoms with E-state index in [1.807, 2.05) is 29.6 Å². The maximum atomic E-state index is 12.9. The number of thiophene rings is 1. The Kier molecular flexibility index (Phi) is 5.36. The van der Waals surface area contributed by atoms with E-state index in [4.69, 9.17) is 5.73 Å². The third-order valence-corrected chi connectivity index (χ3v) is 5.63. The number of benzene rings is 1. The molecule has 0 saturated carbocycles. The number of Topliss-reactive ketones (excluding diaryl/α,β-unsaturated/α-hetero) is 1. The molecule has 0 aliphatic heterocycles. The molecule has 3 heterocycles. The number of hydrogen-bond donors (Lipinski definition) is 2. The molecule has 0 aliphatic rings. The van der Waals surface area contributed by atoms with Crippen LogP contribution in [-0.4, -0.2) is 38.2 Å². The molecule has 0 bridgehead atoms. The summed E-state index contributed by atoms with van der Waals surface area (Å²) in [6.45, 7) is 0. The van der Waals surface area contributed by atoms with Crippen molar-refractivity contribution in [1.82, 2.24) is 19.9 Å². The lowest BCUT2D eigenvalue weighted by Gasteiger charge is -2.16. The van der Waals surface area contributed by atoms with Crippen LogP contribution in [0.4, 0.5) is 0 Å². The zero-order chi connectivity index (χ0) is 21.1. The van der Waals surface area contributed by atoms with Crippen LogP contribution in [-0.2, 0) is 16.0 Å². The second-order valence-corrected chi connectivity index (χ2v) is 7.46. The summed E-state index contributed by atoms with van der Waals surface area (Å²) < 4.78 is 2.55. The minimum Gasteiger partial charge on any atom is -0.363 e. The van der Waals surface area contributed by atoms with Crippen LogP contribution >= 0.6 is 11.3 Å². The molecule has 4 rings (SSSR count). The van der Waals surface area contributed by atoms with E-state index in [1.54, 1.807) is 24.4 Å². The lowest BCUT2D eigenvalue weighted by molar-refractivity contribution is -0.137. The number of amides is 2. The Labute approximate surface area is 175 Å². The summed E-state index contributed by atoms with van der Waals surface area (Å²) >= 11 is 1.53. The van der Waals surface area contributed by atoms with Crippen molar-refractivity contribution in [2.45, 2.75) is 12.5 Å². The summed E-state index contributed by atoms with van der Waals surface area (Å²) in [5.41, 5.74) is 6.27. The van der Waals surface area contributed by atoms with E-state index < -0.39 is 23.6 Å². The highest BCUT2D eigenvalue weighted by atomic mass is 32.1. The minimum atomic E-state index is -1.10. The lowest BCUT2D eigenvalue weighted by atomic mass is 10.0. The van der Waals surface area contributed by atoms with Gasteiger partial charge >= 0.3 is 0 Å². The van der Waals surface area contributed by atoms with Gasteiger partial charge in [0.1, 0.15) is 23.9 Å². The number of rotatable bonds is 7. The van der Waals surface area contributed by atoms with Gasteiger partial charge in [-0.25, -0.2) is 9.97 Å². The molecular weight excluding hydrogens is 402 g/mol. The van der Waals surface area contributed by atoms with Crippen molar-refractivity contribution < 1.29 is 14.4 Å². The van der Waals surface area contributed by atoms with Gasteiger partial charge in [-0.3, -0.25) is 19.0 Å². The van der Waals surface area contributed by atoms with E-state index in [0.29, 0.717) is 5.82 Å². The standard InChI is InChI=1S/C21H17N5O3S/c22-20(28)19(27)15(9-13-11-30-17-6-2-1-5-14(13)17)25-21(29)16-10-23-12-26(16)18-7-3-4-8-24-18/h1-8,10-12,15H,9H2,(H2,22,28)(H,25,29). The van der Waals surface area contributed by atoms with Gasteiger partial charge < -0.3 is 11.1 Å². The molecule has 150 valence electrons. The van der Waals surface area contributed by atoms with Gasteiger partial charge in [-0.2, -0.15) is 0 Å². The molecule has 4 aromatic rings. The summed E-state index contributed by atoms with van der Waals surface area (Å²) in [6, 6.07) is 11.9. The number of nitrogens with one attached hydrogen (secondary N) is 1. The molecule has 0 saturated heterocycles. The fraction of sp³-hybridized carbons (Fsp3) is 0.0952. The number of primary amides is 1. The summed E-state index contributed by atoms with van der Waals surface area (Å²) in [5, 5.41) is 5.52. The number of nitrogens with zero attached hydrogens (tertiary/aromatic N) is 3. The molecule has 2 amide bonds. The Morgan fingerprint density at radius 3 is 2.70 bits per heavy atom. The molecule has 0 radical (unpaired) electrons. The highest BCUT2D eigenvalue weighted by molar-refractivity contribution is 7.17. The number of carbonyl (C=O) groups is 3. The van der Waals surface area contributed by atoms with E-state index in [-0.39, 0.29) is 12.1 Å². The number of carbonyl (C=O) groups excluding carboxylic acids is 3. The van der Waals surface area contributed by atoms with Gasteiger partial charge in [0.05, 0.1) is 6.20 Å². The highest BCUT2D eigenvalue weighted by Gasteiger charge is 2.28. The third-order valence-electron chi connectivity index (χ3n) is 4.62. The number of pyridine rings is 1. The van der Waals surface area contributed by atoms with Crippen molar-refractivity contribution >= 4 is 39.0 Å². The van der Waals surface area contributed by atoms with Gasteiger partial charge in [-0.05, 0) is 34.5 Å². The van der Waals surface area contributed by atoms with Crippen molar-refractivity contribution in [3.63, 3.8) is 0 Å². The number of fused-ring (bicyclic) bond motifs is 1. The Hall–Kier alpha value is -3.85. The smallest absolute Gasteiger partial charge is 0.287 e. The SMILES string of the molecule is NC(=O)C(=O)C(Cc1csc2ccccc12)NC(=O)c1cncn1-c1ccccn1. The molecule has 9 heteroatoms. The van der Waals surface area contributed by atoms with Crippen LogP contribution in [0.5, 0.6) is 0 Å². The lowest BCUT2D eigenvalue weighted by Crippen LogP contribution is -2.47. The number of hydrogen-bond acceptors (Lipinski definition) is 6. The molecular formula is C21H17N5O3S. The molecule has 0 fully saturated rings. The molecule has 1 atom stereocenters. The number of aromatic nitrogens is 3. The van der Waals surface area contributed by atoms with Crippen molar-refractivity contribution in [2.24, 2.45) is 5.73 Å². The average Bonchev–Trinajstić information content (AvgIpc) is 3.41. The normalized spacial score (nSPS) is 11.9. The molecule has 0 spiro atoms. The topological polar surface area (TPSA) is 120 Å². The predicted molar refractivity (Wildman–Crippen MR) is 112 cm³/mol. The molecule has 3 N–H and O–H groups in total. The fourth-order valence-electron chi connectivity index (χ4n) is 3.17. The van der Waals surface area contributed by atoms with Gasteiger partial charge in [0, 0.05) is 17.3 Å². The molecule has 1 aromatic carbocycles. The second-order valence-electron chi connectivity index (χ2n) is 6.55. The van der Waals surface area contributed by atoms with Gasteiger partial charge in [0.2, 0.25) is 5.78 Å². The van der Waals surface area contributed by atoms with E-state index in [2.05, 4.69) is 15.3 Å². The Morgan fingerprint density at radius 2 is 1.93 bits per heavy atom. The predicted octanol–water partition coefficient (Wildman–Crippen LogP) is 1.88. The van der Waals surface area contributed by atoms with Crippen LogP contribution in [0.3, 0.4) is 0 Å². The van der Waals surface area contributed by atoms with Crippen molar-refractivity contribution in [3.05, 3.63) is 77.8 Å². The van der Waals surface area contributed by atoms with E-state index in [0.717, 1.165) is 15.6 Å². The molecule has 30 heavy (non-hydrogen) atoms. The maximum Gasteiger partial charge on any atom is 0.287 e. The third kappa shape index (κ3) is 3.83. The van der Waals surface area contributed by atoms with Crippen LogP contribution in [0.25, 0.3) is 15.9 Å². The van der Waals surface area contributed by atoms with Gasteiger partial charge in [-0.15, -0.1) is 11.3 Å². The van der Waals surface area contributed by atoms with E-state index >= 15 is 0 Å². The largest absolute Gasteiger partial charge is 0.363 e. The number of ketones is 1. The number of imidazole rings is 1. The first-order valence-electron chi connectivity index (χ1n) is 9.08. The Morgan fingerprint density at radius 1 is 1.13 bits per heavy atom. The zero-order valence-corrected chi connectivity index (χ0v) is 16.5. The fourth-order valence-corrected chi connectivity index (χ4v) is 4.14. The van der Waals surface area contributed by atoms with Crippen LogP contribution in [0.1, 0.15) is 16.1 Å². The van der Waals surface area contributed by atoms with Gasteiger partial charge in [0.25, 0.3) is 11.8 Å². The van der Waals surface area contributed by atoms with Crippen molar-refractivity contribution in [3.8, 4) is 5.82 Å². The molecule has 8 nitrogen and oxygen atoms in total. The summed E-state index contributed by atoms with van der Waals surface area (Å²) in [4.78, 5) is 45.2. The molecule has 1 unspecified atom stereocenters. The Bertz CT molecular complexity index is 1230. The Balaban J connectivity index is 1.62. The quantitative estimate of drug-likeness (QED) is 0.443. The molecule has 3 aromatic heterocycles.